The Bertz CT molecular complexity index is 1250. The fourth-order valence-corrected chi connectivity index (χ4v) is 4.26. The summed E-state index contributed by atoms with van der Waals surface area (Å²) >= 11 is 1.43. The zero-order valence-electron chi connectivity index (χ0n) is 16.1. The third kappa shape index (κ3) is 4.17. The number of benzene rings is 3. The maximum atomic E-state index is 12.7. The van der Waals surface area contributed by atoms with Crippen LogP contribution in [0.1, 0.15) is 13.3 Å². The zero-order chi connectivity index (χ0) is 20.2. The van der Waals surface area contributed by atoms with Crippen LogP contribution in [-0.2, 0) is 11.3 Å². The number of nitrogens with one attached hydrogen (secondary N) is 1. The average molecular weight is 404 g/mol. The molecule has 3 aromatic carbocycles. The second-order valence-corrected chi connectivity index (χ2v) is 7.73. The molecule has 0 atom stereocenters. The minimum Gasteiger partial charge on any atom is -0.326 e. The summed E-state index contributed by atoms with van der Waals surface area (Å²) in [6.07, 6.45) is 0.337. The molecule has 0 aliphatic heterocycles. The summed E-state index contributed by atoms with van der Waals surface area (Å²) in [5.41, 5.74) is 1.43. The molecule has 0 saturated carbocycles. The SMILES string of the molecule is CCn1c(SCCC(=O)Nc2ccc3ccccc3c2)nc2ccccc2c1=O. The van der Waals surface area contributed by atoms with Crippen LogP contribution in [-0.4, -0.2) is 21.2 Å². The molecule has 0 fully saturated rings. The lowest BCUT2D eigenvalue weighted by atomic mass is 10.1. The highest BCUT2D eigenvalue weighted by atomic mass is 32.2. The Balaban J connectivity index is 1.43. The van der Waals surface area contributed by atoms with Gasteiger partial charge in [-0.25, -0.2) is 4.98 Å². The van der Waals surface area contributed by atoms with Gasteiger partial charge in [0.2, 0.25) is 5.91 Å². The Morgan fingerprint density at radius 3 is 2.62 bits per heavy atom. The topological polar surface area (TPSA) is 64.0 Å². The predicted molar refractivity (Wildman–Crippen MR) is 120 cm³/mol. The van der Waals surface area contributed by atoms with Gasteiger partial charge in [-0.1, -0.05) is 54.2 Å². The fourth-order valence-electron chi connectivity index (χ4n) is 3.26. The lowest BCUT2D eigenvalue weighted by molar-refractivity contribution is -0.115. The molecule has 1 aromatic heterocycles. The predicted octanol–water partition coefficient (Wildman–Crippen LogP) is 4.69. The average Bonchev–Trinajstić information content (AvgIpc) is 2.74. The van der Waals surface area contributed by atoms with Gasteiger partial charge < -0.3 is 5.32 Å². The van der Waals surface area contributed by atoms with Gasteiger partial charge in [0, 0.05) is 24.4 Å². The minimum absolute atomic E-state index is 0.0405. The number of carbonyl (C=O) groups is 1. The quantitative estimate of drug-likeness (QED) is 0.375. The van der Waals surface area contributed by atoms with E-state index < -0.39 is 0 Å². The highest BCUT2D eigenvalue weighted by molar-refractivity contribution is 7.99. The molecule has 0 unspecified atom stereocenters. The van der Waals surface area contributed by atoms with Gasteiger partial charge in [-0.15, -0.1) is 0 Å². The number of anilines is 1. The van der Waals surface area contributed by atoms with Crippen molar-refractivity contribution in [2.75, 3.05) is 11.1 Å². The first kappa shape index (κ1) is 19.2. The summed E-state index contributed by atoms with van der Waals surface area (Å²) in [4.78, 5) is 29.6. The van der Waals surface area contributed by atoms with Gasteiger partial charge in [-0.2, -0.15) is 0 Å². The Labute approximate surface area is 172 Å². The highest BCUT2D eigenvalue weighted by Crippen LogP contribution is 2.21. The third-order valence-electron chi connectivity index (χ3n) is 4.74. The molecule has 0 saturated heterocycles. The summed E-state index contributed by atoms with van der Waals surface area (Å²) in [7, 11) is 0. The summed E-state index contributed by atoms with van der Waals surface area (Å²) in [6.45, 7) is 2.47. The van der Waals surface area contributed by atoms with Crippen molar-refractivity contribution in [2.24, 2.45) is 0 Å². The van der Waals surface area contributed by atoms with Crippen LogP contribution in [0.15, 0.2) is 76.7 Å². The normalized spacial score (nSPS) is 11.1. The first-order valence-corrected chi connectivity index (χ1v) is 10.6. The smallest absolute Gasteiger partial charge is 0.262 e. The molecule has 1 amide bonds. The van der Waals surface area contributed by atoms with E-state index >= 15 is 0 Å². The van der Waals surface area contributed by atoms with Gasteiger partial charge in [0.05, 0.1) is 10.9 Å². The number of amides is 1. The molecule has 6 heteroatoms. The van der Waals surface area contributed by atoms with Crippen LogP contribution >= 0.6 is 11.8 Å². The largest absolute Gasteiger partial charge is 0.326 e. The Morgan fingerprint density at radius 1 is 1.03 bits per heavy atom. The molecule has 0 radical (unpaired) electrons. The van der Waals surface area contributed by atoms with E-state index in [2.05, 4.69) is 10.3 Å². The molecule has 0 aliphatic rings. The van der Waals surface area contributed by atoms with E-state index in [1.165, 1.54) is 11.8 Å². The lowest BCUT2D eigenvalue weighted by Gasteiger charge is -2.11. The van der Waals surface area contributed by atoms with E-state index in [4.69, 9.17) is 0 Å². The Hall–Kier alpha value is -3.12. The van der Waals surface area contributed by atoms with E-state index in [1.807, 2.05) is 67.6 Å². The van der Waals surface area contributed by atoms with Crippen LogP contribution in [0.25, 0.3) is 21.7 Å². The van der Waals surface area contributed by atoms with Crippen LogP contribution in [0.5, 0.6) is 0 Å². The second-order valence-electron chi connectivity index (χ2n) is 6.67. The molecular formula is C23H21N3O2S. The summed E-state index contributed by atoms with van der Waals surface area (Å²) in [5, 5.41) is 6.44. The summed E-state index contributed by atoms with van der Waals surface area (Å²) in [6, 6.07) is 21.3. The maximum absolute atomic E-state index is 12.7. The number of hydrogen-bond acceptors (Lipinski definition) is 4. The molecule has 0 spiro atoms. The fraction of sp³-hybridized carbons (Fsp3) is 0.174. The number of nitrogens with zero attached hydrogens (tertiary/aromatic N) is 2. The number of rotatable bonds is 6. The molecule has 1 N–H and O–H groups in total. The van der Waals surface area contributed by atoms with Crippen LogP contribution in [0, 0.1) is 0 Å². The van der Waals surface area contributed by atoms with Crippen molar-refractivity contribution in [3.05, 3.63) is 77.1 Å². The van der Waals surface area contributed by atoms with Crippen LogP contribution in [0.2, 0.25) is 0 Å². The van der Waals surface area contributed by atoms with Crippen molar-refractivity contribution in [3.63, 3.8) is 0 Å². The number of thioether (sulfide) groups is 1. The van der Waals surface area contributed by atoms with Crippen LogP contribution < -0.4 is 10.9 Å². The van der Waals surface area contributed by atoms with E-state index in [0.29, 0.717) is 34.8 Å². The zero-order valence-corrected chi connectivity index (χ0v) is 16.9. The third-order valence-corrected chi connectivity index (χ3v) is 5.71. The number of aromatic nitrogens is 2. The molecule has 4 aromatic rings. The van der Waals surface area contributed by atoms with E-state index in [-0.39, 0.29) is 11.5 Å². The Kier molecular flexibility index (Phi) is 5.62. The molecule has 0 bridgehead atoms. The van der Waals surface area contributed by atoms with Crippen molar-refractivity contribution in [1.82, 2.24) is 9.55 Å². The molecule has 29 heavy (non-hydrogen) atoms. The van der Waals surface area contributed by atoms with E-state index in [9.17, 15) is 9.59 Å². The van der Waals surface area contributed by atoms with Gasteiger partial charge in [-0.05, 0) is 42.0 Å². The monoisotopic (exact) mass is 403 g/mol. The van der Waals surface area contributed by atoms with Gasteiger partial charge in [0.1, 0.15) is 0 Å². The first-order chi connectivity index (χ1) is 14.2. The summed E-state index contributed by atoms with van der Waals surface area (Å²) in [5.74, 6) is 0.489. The maximum Gasteiger partial charge on any atom is 0.262 e. The molecular weight excluding hydrogens is 382 g/mol. The van der Waals surface area contributed by atoms with Crippen LogP contribution in [0.4, 0.5) is 5.69 Å². The van der Waals surface area contributed by atoms with Crippen molar-refractivity contribution in [3.8, 4) is 0 Å². The number of fused-ring (bicyclic) bond motifs is 2. The van der Waals surface area contributed by atoms with Gasteiger partial charge in [-0.3, -0.25) is 14.2 Å². The van der Waals surface area contributed by atoms with Crippen molar-refractivity contribution >= 4 is 45.0 Å². The van der Waals surface area contributed by atoms with Gasteiger partial charge in [0.25, 0.3) is 5.56 Å². The Morgan fingerprint density at radius 2 is 1.79 bits per heavy atom. The van der Waals surface area contributed by atoms with Crippen molar-refractivity contribution in [2.45, 2.75) is 25.0 Å². The van der Waals surface area contributed by atoms with Crippen molar-refractivity contribution in [1.29, 1.82) is 0 Å². The van der Waals surface area contributed by atoms with E-state index in [1.54, 1.807) is 10.6 Å². The lowest BCUT2D eigenvalue weighted by Crippen LogP contribution is -2.22. The first-order valence-electron chi connectivity index (χ1n) is 9.57. The van der Waals surface area contributed by atoms with Crippen LogP contribution in [0.3, 0.4) is 0 Å². The van der Waals surface area contributed by atoms with Gasteiger partial charge >= 0.3 is 0 Å². The van der Waals surface area contributed by atoms with Crippen molar-refractivity contribution < 1.29 is 4.79 Å². The molecule has 5 nitrogen and oxygen atoms in total. The number of carbonyl (C=O) groups excluding carboxylic acids is 1. The molecule has 1 heterocycles. The molecule has 146 valence electrons. The van der Waals surface area contributed by atoms with E-state index in [0.717, 1.165) is 16.5 Å². The standard InChI is InChI=1S/C23H21N3O2S/c1-2-26-22(28)19-9-5-6-10-20(19)25-23(26)29-14-13-21(27)24-18-12-11-16-7-3-4-8-17(16)15-18/h3-12,15H,2,13-14H2,1H3,(H,24,27). The highest BCUT2D eigenvalue weighted by Gasteiger charge is 2.11. The molecule has 0 aliphatic carbocycles. The number of para-hydroxylation sites is 1. The summed E-state index contributed by atoms with van der Waals surface area (Å²) < 4.78 is 1.66. The molecule has 4 rings (SSSR count). The second kappa shape index (κ2) is 8.49. The number of hydrogen-bond donors (Lipinski definition) is 1. The minimum atomic E-state index is -0.0565. The van der Waals surface area contributed by atoms with Gasteiger partial charge in [0.15, 0.2) is 5.16 Å².